The monoisotopic (exact) mass is 270 g/mol. The van der Waals surface area contributed by atoms with Gasteiger partial charge in [0.05, 0.1) is 6.61 Å². The number of benzene rings is 1. The molecule has 4 unspecified atom stereocenters. The minimum atomic E-state index is -2.44. The summed E-state index contributed by atoms with van der Waals surface area (Å²) in [6, 6.07) is 7.91. The van der Waals surface area contributed by atoms with E-state index in [4.69, 9.17) is 9.47 Å². The van der Waals surface area contributed by atoms with Crippen LogP contribution < -0.4 is 4.74 Å². The molecular formula is C12H14O7. The Morgan fingerprint density at radius 3 is 2.47 bits per heavy atom. The first kappa shape index (κ1) is 13.8. The molecule has 19 heavy (non-hydrogen) atoms. The molecule has 1 fully saturated rings. The second kappa shape index (κ2) is 5.14. The number of ether oxygens (including phenoxy) is 2. The Morgan fingerprint density at radius 1 is 1.26 bits per heavy atom. The van der Waals surface area contributed by atoms with Gasteiger partial charge in [0.15, 0.2) is 6.10 Å². The highest BCUT2D eigenvalue weighted by molar-refractivity contribution is 5.77. The Balaban J connectivity index is 2.31. The van der Waals surface area contributed by atoms with E-state index in [1.807, 2.05) is 0 Å². The van der Waals surface area contributed by atoms with Crippen LogP contribution in [0.25, 0.3) is 0 Å². The number of carbonyl (C=O) groups is 1. The Morgan fingerprint density at radius 2 is 1.89 bits per heavy atom. The summed E-state index contributed by atoms with van der Waals surface area (Å²) in [6.07, 6.45) is -4.97. The molecule has 1 aliphatic rings. The smallest absolute Gasteiger partial charge is 0.380 e. The molecule has 2 rings (SSSR count). The second-order valence-electron chi connectivity index (χ2n) is 4.20. The lowest BCUT2D eigenvalue weighted by molar-refractivity contribution is -0.300. The summed E-state index contributed by atoms with van der Waals surface area (Å²) in [7, 11) is 0. The van der Waals surface area contributed by atoms with Crippen molar-refractivity contribution in [1.29, 1.82) is 0 Å². The van der Waals surface area contributed by atoms with Gasteiger partial charge in [-0.25, -0.2) is 4.79 Å². The summed E-state index contributed by atoms with van der Waals surface area (Å²) in [5.74, 6) is -3.87. The van der Waals surface area contributed by atoms with E-state index in [1.165, 1.54) is 12.1 Å². The van der Waals surface area contributed by atoms with Crippen molar-refractivity contribution < 1.29 is 34.7 Å². The number of aliphatic carboxylic acids is 1. The molecule has 1 aliphatic heterocycles. The largest absolute Gasteiger partial charge is 0.476 e. The fraction of sp³-hybridized carbons (Fsp3) is 0.417. The average Bonchev–Trinajstić information content (AvgIpc) is 2.40. The van der Waals surface area contributed by atoms with Gasteiger partial charge in [-0.3, -0.25) is 0 Å². The van der Waals surface area contributed by atoms with Gasteiger partial charge in [0.2, 0.25) is 0 Å². The van der Waals surface area contributed by atoms with Crippen LogP contribution in [0.15, 0.2) is 30.3 Å². The summed E-state index contributed by atoms with van der Waals surface area (Å²) in [6.45, 7) is -0.461. The molecule has 4 atom stereocenters. The zero-order chi connectivity index (χ0) is 14.0. The predicted octanol–water partition coefficient (Wildman–Crippen LogP) is -1.04. The van der Waals surface area contributed by atoms with Crippen LogP contribution >= 0.6 is 0 Å². The van der Waals surface area contributed by atoms with Gasteiger partial charge in [-0.15, -0.1) is 0 Å². The number of para-hydroxylation sites is 1. The number of hydrogen-bond donors (Lipinski definition) is 4. The van der Waals surface area contributed by atoms with Crippen molar-refractivity contribution in [1.82, 2.24) is 0 Å². The number of aliphatic hydroxyl groups excluding tert-OH is 3. The molecule has 0 spiro atoms. The third-order valence-electron chi connectivity index (χ3n) is 2.89. The fourth-order valence-electron chi connectivity index (χ4n) is 1.81. The van der Waals surface area contributed by atoms with Gasteiger partial charge < -0.3 is 29.9 Å². The van der Waals surface area contributed by atoms with Crippen molar-refractivity contribution in [2.24, 2.45) is 0 Å². The van der Waals surface area contributed by atoms with E-state index in [2.05, 4.69) is 0 Å². The number of carboxylic acids is 1. The van der Waals surface area contributed by atoms with Crippen LogP contribution in [0.3, 0.4) is 0 Å². The van der Waals surface area contributed by atoms with Crippen LogP contribution in [-0.2, 0) is 9.53 Å². The molecule has 0 aromatic heterocycles. The predicted molar refractivity (Wildman–Crippen MR) is 61.4 cm³/mol. The van der Waals surface area contributed by atoms with Crippen LogP contribution in [0.1, 0.15) is 0 Å². The normalized spacial score (nSPS) is 34.8. The molecule has 104 valence electrons. The first-order chi connectivity index (χ1) is 8.97. The molecular weight excluding hydrogens is 256 g/mol. The highest BCUT2D eigenvalue weighted by Crippen LogP contribution is 2.30. The molecule has 0 bridgehead atoms. The van der Waals surface area contributed by atoms with E-state index < -0.39 is 36.7 Å². The van der Waals surface area contributed by atoms with Gasteiger partial charge in [0.1, 0.15) is 18.0 Å². The molecule has 1 heterocycles. The third kappa shape index (κ3) is 2.41. The molecule has 0 radical (unpaired) electrons. The highest BCUT2D eigenvalue weighted by atomic mass is 16.7. The maximum atomic E-state index is 11.3. The van der Waals surface area contributed by atoms with Crippen molar-refractivity contribution in [3.8, 4) is 5.75 Å². The van der Waals surface area contributed by atoms with E-state index in [0.717, 1.165) is 0 Å². The Labute approximate surface area is 108 Å². The summed E-state index contributed by atoms with van der Waals surface area (Å²) >= 11 is 0. The molecule has 7 nitrogen and oxygen atoms in total. The molecule has 1 aromatic carbocycles. The van der Waals surface area contributed by atoms with Crippen LogP contribution in [0.5, 0.6) is 5.75 Å². The van der Waals surface area contributed by atoms with Gasteiger partial charge in [0, 0.05) is 0 Å². The number of rotatable bonds is 3. The molecule has 0 amide bonds. The lowest BCUT2D eigenvalue weighted by atomic mass is 9.96. The van der Waals surface area contributed by atoms with E-state index in [0.29, 0.717) is 0 Å². The topological polar surface area (TPSA) is 116 Å². The van der Waals surface area contributed by atoms with Gasteiger partial charge in [-0.1, -0.05) is 18.2 Å². The second-order valence-corrected chi connectivity index (χ2v) is 4.20. The minimum Gasteiger partial charge on any atom is -0.476 e. The average molecular weight is 270 g/mol. The quantitative estimate of drug-likeness (QED) is 0.554. The highest BCUT2D eigenvalue weighted by Gasteiger charge is 2.57. The maximum absolute atomic E-state index is 11.3. The molecule has 7 heteroatoms. The van der Waals surface area contributed by atoms with Gasteiger partial charge in [-0.05, 0) is 12.1 Å². The molecule has 0 saturated carbocycles. The lowest BCUT2D eigenvalue weighted by Gasteiger charge is -2.41. The first-order valence-corrected chi connectivity index (χ1v) is 5.63. The molecule has 4 N–H and O–H groups in total. The molecule has 1 aromatic rings. The number of aliphatic hydroxyl groups is 3. The van der Waals surface area contributed by atoms with Gasteiger partial charge in [-0.2, -0.15) is 0 Å². The third-order valence-corrected chi connectivity index (χ3v) is 2.89. The van der Waals surface area contributed by atoms with Crippen molar-refractivity contribution in [2.75, 3.05) is 6.61 Å². The van der Waals surface area contributed by atoms with Crippen LogP contribution in [-0.4, -0.2) is 57.1 Å². The maximum Gasteiger partial charge on any atom is 0.380 e. The van der Waals surface area contributed by atoms with Crippen LogP contribution in [0.2, 0.25) is 0 Å². The molecule has 1 saturated heterocycles. The number of hydrogen-bond acceptors (Lipinski definition) is 6. The minimum absolute atomic E-state index is 0.160. The van der Waals surface area contributed by atoms with Crippen LogP contribution in [0.4, 0.5) is 0 Å². The van der Waals surface area contributed by atoms with E-state index >= 15 is 0 Å². The lowest BCUT2D eigenvalue weighted by Crippen LogP contribution is -2.67. The standard InChI is InChI=1S/C12H14O7/c13-8-6-18-12(11(16)17,10(15)9(8)14)19-7-4-2-1-3-5-7/h1-5,8-10,13-15H,6H2,(H,16,17). The zero-order valence-corrected chi connectivity index (χ0v) is 9.84. The van der Waals surface area contributed by atoms with Crippen molar-refractivity contribution >= 4 is 5.97 Å². The van der Waals surface area contributed by atoms with E-state index in [1.54, 1.807) is 18.2 Å². The Hall–Kier alpha value is -1.67. The Kier molecular flexibility index (Phi) is 3.72. The van der Waals surface area contributed by atoms with Crippen molar-refractivity contribution in [3.63, 3.8) is 0 Å². The fourth-order valence-corrected chi connectivity index (χ4v) is 1.81. The summed E-state index contributed by atoms with van der Waals surface area (Å²) in [5, 5.41) is 38.0. The summed E-state index contributed by atoms with van der Waals surface area (Å²) in [5.41, 5.74) is 0. The summed E-state index contributed by atoms with van der Waals surface area (Å²) in [4.78, 5) is 11.3. The summed E-state index contributed by atoms with van der Waals surface area (Å²) < 4.78 is 10.1. The zero-order valence-electron chi connectivity index (χ0n) is 9.84. The van der Waals surface area contributed by atoms with E-state index in [9.17, 15) is 25.2 Å². The first-order valence-electron chi connectivity index (χ1n) is 5.63. The van der Waals surface area contributed by atoms with E-state index in [-0.39, 0.29) is 5.75 Å². The van der Waals surface area contributed by atoms with Crippen molar-refractivity contribution in [2.45, 2.75) is 24.1 Å². The van der Waals surface area contributed by atoms with Gasteiger partial charge >= 0.3 is 11.8 Å². The molecule has 0 aliphatic carbocycles. The number of carboxylic acid groups (broad SMARTS) is 1. The SMILES string of the molecule is O=C(O)C1(Oc2ccccc2)OCC(O)C(O)C1O. The van der Waals surface area contributed by atoms with Gasteiger partial charge in [0.25, 0.3) is 0 Å². The van der Waals surface area contributed by atoms with Crippen LogP contribution in [0, 0.1) is 0 Å². The van der Waals surface area contributed by atoms with Crippen molar-refractivity contribution in [3.05, 3.63) is 30.3 Å². The Bertz CT molecular complexity index is 449.